The van der Waals surface area contributed by atoms with E-state index in [-0.39, 0.29) is 5.78 Å². The number of hydrogen-bond acceptors (Lipinski definition) is 7. The lowest BCUT2D eigenvalue weighted by atomic mass is 10.1. The van der Waals surface area contributed by atoms with E-state index in [2.05, 4.69) is 10.1 Å². The Labute approximate surface area is 187 Å². The van der Waals surface area contributed by atoms with E-state index in [1.165, 1.54) is 24.5 Å². The molecule has 0 saturated carbocycles. The normalized spacial score (nSPS) is 11.2. The summed E-state index contributed by atoms with van der Waals surface area (Å²) >= 11 is 7.36. The molecule has 0 aliphatic heterocycles. The third-order valence-electron chi connectivity index (χ3n) is 4.61. The standard InChI is InChI=1S/C22H18ClN3O4S/c1-28-17-10-13(11-18(29-2)21(17)30-3)4-9-16(27)20-19(14-5-7-15(23)8-6-14)25-22-26(20)24-12-31-22/h4-12H,1-3H3/b9-4+. The van der Waals surface area contributed by atoms with Crippen molar-refractivity contribution in [2.24, 2.45) is 0 Å². The van der Waals surface area contributed by atoms with Crippen molar-refractivity contribution in [3.8, 4) is 28.5 Å². The molecule has 4 rings (SSSR count). The maximum absolute atomic E-state index is 13.2. The van der Waals surface area contributed by atoms with Gasteiger partial charge in [-0.1, -0.05) is 41.1 Å². The number of fused-ring (bicyclic) bond motifs is 1. The summed E-state index contributed by atoms with van der Waals surface area (Å²) in [6.07, 6.45) is 3.16. The Bertz CT molecular complexity index is 1250. The summed E-state index contributed by atoms with van der Waals surface area (Å²) in [5.74, 6) is 1.25. The number of carbonyl (C=O) groups excluding carboxylic acids is 1. The summed E-state index contributed by atoms with van der Waals surface area (Å²) < 4.78 is 17.6. The minimum atomic E-state index is -0.239. The van der Waals surface area contributed by atoms with Crippen LogP contribution in [0.3, 0.4) is 0 Å². The number of nitrogens with zero attached hydrogens (tertiary/aromatic N) is 3. The van der Waals surface area contributed by atoms with E-state index in [1.807, 2.05) is 12.1 Å². The maximum atomic E-state index is 13.2. The van der Waals surface area contributed by atoms with Gasteiger partial charge in [-0.3, -0.25) is 4.79 Å². The lowest BCUT2D eigenvalue weighted by Crippen LogP contribution is -2.03. The fraction of sp³-hybridized carbons (Fsp3) is 0.136. The molecule has 0 aliphatic carbocycles. The number of rotatable bonds is 7. The lowest BCUT2D eigenvalue weighted by molar-refractivity contribution is 0.104. The number of allylic oxidation sites excluding steroid dienone is 1. The molecule has 0 atom stereocenters. The molecule has 31 heavy (non-hydrogen) atoms. The Balaban J connectivity index is 1.74. The molecule has 9 heteroatoms. The number of aromatic nitrogens is 3. The van der Waals surface area contributed by atoms with Gasteiger partial charge in [0.25, 0.3) is 0 Å². The highest BCUT2D eigenvalue weighted by Gasteiger charge is 2.21. The highest BCUT2D eigenvalue weighted by molar-refractivity contribution is 7.14. The van der Waals surface area contributed by atoms with Crippen LogP contribution < -0.4 is 14.2 Å². The molecule has 0 unspecified atom stereocenters. The zero-order chi connectivity index (χ0) is 22.0. The van der Waals surface area contributed by atoms with Crippen molar-refractivity contribution in [3.05, 3.63) is 64.3 Å². The molecule has 0 saturated heterocycles. The quantitative estimate of drug-likeness (QED) is 0.287. The van der Waals surface area contributed by atoms with Gasteiger partial charge in [-0.15, -0.1) is 0 Å². The zero-order valence-electron chi connectivity index (χ0n) is 17.0. The van der Waals surface area contributed by atoms with Gasteiger partial charge in [-0.05, 0) is 35.9 Å². The summed E-state index contributed by atoms with van der Waals surface area (Å²) in [4.78, 5) is 18.4. The average Bonchev–Trinajstić information content (AvgIpc) is 3.38. The molecule has 0 spiro atoms. The van der Waals surface area contributed by atoms with Gasteiger partial charge >= 0.3 is 0 Å². The topological polar surface area (TPSA) is 75.0 Å². The third-order valence-corrected chi connectivity index (χ3v) is 5.54. The van der Waals surface area contributed by atoms with Crippen LogP contribution in [0.1, 0.15) is 16.1 Å². The van der Waals surface area contributed by atoms with Crippen LogP contribution in [0, 0.1) is 0 Å². The van der Waals surface area contributed by atoms with E-state index in [4.69, 9.17) is 25.8 Å². The number of ketones is 1. The summed E-state index contributed by atoms with van der Waals surface area (Å²) in [7, 11) is 4.62. The monoisotopic (exact) mass is 455 g/mol. The molecule has 0 bridgehead atoms. The van der Waals surface area contributed by atoms with Gasteiger partial charge in [0.1, 0.15) is 16.9 Å². The van der Waals surface area contributed by atoms with E-state index in [9.17, 15) is 4.79 Å². The van der Waals surface area contributed by atoms with Crippen molar-refractivity contribution in [2.75, 3.05) is 21.3 Å². The third kappa shape index (κ3) is 3.99. The highest BCUT2D eigenvalue weighted by Crippen LogP contribution is 2.38. The number of methoxy groups -OCH3 is 3. The Morgan fingerprint density at radius 1 is 1.06 bits per heavy atom. The molecule has 2 aromatic carbocycles. The molecule has 4 aromatic rings. The SMILES string of the molecule is COc1cc(/C=C/C(=O)c2c(-c3ccc(Cl)cc3)nc3scnn23)cc(OC)c1OC. The first-order valence-electron chi connectivity index (χ1n) is 9.16. The number of benzene rings is 2. The van der Waals surface area contributed by atoms with Gasteiger partial charge in [-0.2, -0.15) is 9.61 Å². The van der Waals surface area contributed by atoms with Gasteiger partial charge in [0.05, 0.1) is 21.3 Å². The molecule has 0 radical (unpaired) electrons. The summed E-state index contributed by atoms with van der Waals surface area (Å²) in [5, 5.41) is 4.88. The molecule has 0 aliphatic rings. The Morgan fingerprint density at radius 2 is 1.74 bits per heavy atom. The minimum absolute atomic E-state index is 0.239. The molecule has 2 aromatic heterocycles. The molecule has 0 fully saturated rings. The van der Waals surface area contributed by atoms with Crippen molar-refractivity contribution < 1.29 is 19.0 Å². The van der Waals surface area contributed by atoms with Crippen molar-refractivity contribution in [2.45, 2.75) is 0 Å². The van der Waals surface area contributed by atoms with Crippen molar-refractivity contribution in [1.29, 1.82) is 0 Å². The first kappa shape index (κ1) is 20.9. The van der Waals surface area contributed by atoms with Crippen molar-refractivity contribution in [3.63, 3.8) is 0 Å². The predicted molar refractivity (Wildman–Crippen MR) is 121 cm³/mol. The smallest absolute Gasteiger partial charge is 0.213 e. The Hall–Kier alpha value is -3.36. The second kappa shape index (κ2) is 8.79. The minimum Gasteiger partial charge on any atom is -0.493 e. The summed E-state index contributed by atoms with van der Waals surface area (Å²) in [6.45, 7) is 0. The highest BCUT2D eigenvalue weighted by atomic mass is 35.5. The molecular formula is C22H18ClN3O4S. The van der Waals surface area contributed by atoms with Crippen LogP contribution in [-0.2, 0) is 0 Å². The fourth-order valence-corrected chi connectivity index (χ4v) is 3.92. The van der Waals surface area contributed by atoms with Crippen LogP contribution in [0.4, 0.5) is 0 Å². The lowest BCUT2D eigenvalue weighted by Gasteiger charge is -2.12. The first-order valence-corrected chi connectivity index (χ1v) is 10.4. The molecule has 0 amide bonds. The number of halogens is 1. The van der Waals surface area contributed by atoms with Gasteiger partial charge < -0.3 is 14.2 Å². The van der Waals surface area contributed by atoms with Crippen LogP contribution in [0.25, 0.3) is 22.3 Å². The molecule has 0 N–H and O–H groups in total. The molecule has 158 valence electrons. The van der Waals surface area contributed by atoms with Crippen LogP contribution in [-0.4, -0.2) is 41.7 Å². The van der Waals surface area contributed by atoms with Crippen LogP contribution in [0.2, 0.25) is 5.02 Å². The Kier molecular flexibility index (Phi) is 5.92. The number of imidazole rings is 1. The van der Waals surface area contributed by atoms with Crippen LogP contribution in [0.5, 0.6) is 17.2 Å². The predicted octanol–water partition coefficient (Wildman–Crippen LogP) is 5.03. The zero-order valence-corrected chi connectivity index (χ0v) is 18.5. The van der Waals surface area contributed by atoms with E-state index < -0.39 is 0 Å². The number of hydrogen-bond donors (Lipinski definition) is 0. The fourth-order valence-electron chi connectivity index (χ4n) is 3.17. The van der Waals surface area contributed by atoms with Gasteiger partial charge in [0, 0.05) is 10.6 Å². The van der Waals surface area contributed by atoms with E-state index in [1.54, 1.807) is 54.6 Å². The second-order valence-corrected chi connectivity index (χ2v) is 7.65. The Morgan fingerprint density at radius 3 is 2.35 bits per heavy atom. The number of carbonyl (C=O) groups is 1. The van der Waals surface area contributed by atoms with Crippen molar-refractivity contribution in [1.82, 2.24) is 14.6 Å². The molecular weight excluding hydrogens is 438 g/mol. The number of ether oxygens (including phenoxy) is 3. The van der Waals surface area contributed by atoms with Crippen molar-refractivity contribution >= 4 is 39.8 Å². The summed E-state index contributed by atoms with van der Waals surface area (Å²) in [5.41, 5.74) is 4.08. The maximum Gasteiger partial charge on any atom is 0.213 e. The van der Waals surface area contributed by atoms with Crippen LogP contribution in [0.15, 0.2) is 48.0 Å². The summed E-state index contributed by atoms with van der Waals surface area (Å²) in [6, 6.07) is 10.7. The van der Waals surface area contributed by atoms with Gasteiger partial charge in [-0.25, -0.2) is 4.98 Å². The largest absolute Gasteiger partial charge is 0.493 e. The van der Waals surface area contributed by atoms with E-state index in [0.717, 1.165) is 11.1 Å². The molecule has 2 heterocycles. The van der Waals surface area contributed by atoms with E-state index >= 15 is 0 Å². The van der Waals surface area contributed by atoms with Gasteiger partial charge in [0.2, 0.25) is 16.5 Å². The average molecular weight is 456 g/mol. The molecule has 7 nitrogen and oxygen atoms in total. The van der Waals surface area contributed by atoms with E-state index in [0.29, 0.717) is 38.6 Å². The first-order chi connectivity index (χ1) is 15.0. The second-order valence-electron chi connectivity index (χ2n) is 6.41. The van der Waals surface area contributed by atoms with Crippen LogP contribution >= 0.6 is 22.9 Å². The van der Waals surface area contributed by atoms with Gasteiger partial charge in [0.15, 0.2) is 11.5 Å².